The molecule has 0 saturated carbocycles. The average molecular weight is 408 g/mol. The number of carbonyl (C=O) groups excluding carboxylic acids is 2. The van der Waals surface area contributed by atoms with Gasteiger partial charge in [-0.2, -0.15) is 0 Å². The van der Waals surface area contributed by atoms with Crippen molar-refractivity contribution in [2.24, 2.45) is 0 Å². The first kappa shape index (κ1) is 18.1. The largest absolute Gasteiger partial charge is 0.503 e. The van der Waals surface area contributed by atoms with Crippen LogP contribution in [0.5, 0.6) is 0 Å². The fourth-order valence-corrected chi connectivity index (χ4v) is 3.68. The number of carbonyl (C=O) groups is 2. The van der Waals surface area contributed by atoms with Gasteiger partial charge in [-0.05, 0) is 24.6 Å². The summed E-state index contributed by atoms with van der Waals surface area (Å²) in [5, 5.41) is 13.6. The highest BCUT2D eigenvalue weighted by atomic mass is 79.9. The lowest BCUT2D eigenvalue weighted by Crippen LogP contribution is -2.47. The molecule has 25 heavy (non-hydrogen) atoms. The van der Waals surface area contributed by atoms with Crippen molar-refractivity contribution in [1.29, 1.82) is 0 Å². The zero-order chi connectivity index (χ0) is 18.0. The van der Waals surface area contributed by atoms with Crippen LogP contribution in [0.3, 0.4) is 0 Å². The molecule has 1 fully saturated rings. The molecular weight excluding hydrogens is 386 g/mol. The van der Waals surface area contributed by atoms with E-state index in [1.165, 1.54) is 6.92 Å². The van der Waals surface area contributed by atoms with Crippen LogP contribution in [0, 0.1) is 0 Å². The summed E-state index contributed by atoms with van der Waals surface area (Å²) in [5.74, 6) is -1.16. The van der Waals surface area contributed by atoms with Gasteiger partial charge < -0.3 is 15.3 Å². The summed E-state index contributed by atoms with van der Waals surface area (Å²) in [6, 6.07) is 6.98. The maximum atomic E-state index is 12.6. The molecule has 0 aromatic heterocycles. The molecule has 134 valence electrons. The van der Waals surface area contributed by atoms with E-state index in [0.717, 1.165) is 42.8 Å². The molecule has 7 heteroatoms. The number of Topliss-reactive ketones (excluding diaryl/α,β-unsaturated/α-hetero) is 1. The standard InChI is InChI=1S/C18H22BrN3O3/c1-12(23)15-16(13-2-4-14(19)5-3-13)22(18(25)17(15)24)11-10-21-8-6-20-7-9-21/h2-5,16,20,24H,6-11H2,1H3. The number of hydrogen-bond acceptors (Lipinski definition) is 5. The van der Waals surface area contributed by atoms with Crippen LogP contribution < -0.4 is 5.32 Å². The number of ketones is 1. The van der Waals surface area contributed by atoms with Crippen LogP contribution in [-0.4, -0.2) is 65.9 Å². The minimum atomic E-state index is -0.527. The molecule has 0 bridgehead atoms. The molecule has 1 aromatic rings. The zero-order valence-corrected chi connectivity index (χ0v) is 15.8. The third kappa shape index (κ3) is 3.78. The second kappa shape index (κ2) is 7.68. The van der Waals surface area contributed by atoms with Crippen molar-refractivity contribution in [3.05, 3.63) is 45.6 Å². The zero-order valence-electron chi connectivity index (χ0n) is 14.2. The van der Waals surface area contributed by atoms with Crippen molar-refractivity contribution in [3.8, 4) is 0 Å². The van der Waals surface area contributed by atoms with Gasteiger partial charge in [0.2, 0.25) is 0 Å². The predicted octanol–water partition coefficient (Wildman–Crippen LogP) is 1.64. The Morgan fingerprint density at radius 3 is 2.48 bits per heavy atom. The summed E-state index contributed by atoms with van der Waals surface area (Å²) >= 11 is 3.40. The molecule has 0 spiro atoms. The molecule has 3 rings (SSSR count). The second-order valence-electron chi connectivity index (χ2n) is 6.36. The van der Waals surface area contributed by atoms with E-state index in [1.54, 1.807) is 4.90 Å². The molecular formula is C18H22BrN3O3. The molecule has 2 aliphatic rings. The van der Waals surface area contributed by atoms with E-state index >= 15 is 0 Å². The summed E-state index contributed by atoms with van der Waals surface area (Å²) in [6.45, 7) is 6.33. The van der Waals surface area contributed by atoms with E-state index in [2.05, 4.69) is 26.1 Å². The van der Waals surface area contributed by atoms with Gasteiger partial charge in [-0.1, -0.05) is 28.1 Å². The van der Waals surface area contributed by atoms with Crippen molar-refractivity contribution in [1.82, 2.24) is 15.1 Å². The topological polar surface area (TPSA) is 72.9 Å². The highest BCUT2D eigenvalue weighted by molar-refractivity contribution is 9.10. The van der Waals surface area contributed by atoms with Crippen LogP contribution in [0.1, 0.15) is 18.5 Å². The van der Waals surface area contributed by atoms with E-state index in [4.69, 9.17) is 0 Å². The Kier molecular flexibility index (Phi) is 5.56. The Morgan fingerprint density at radius 2 is 1.88 bits per heavy atom. The van der Waals surface area contributed by atoms with Gasteiger partial charge in [0, 0.05) is 43.7 Å². The maximum Gasteiger partial charge on any atom is 0.290 e. The van der Waals surface area contributed by atoms with Gasteiger partial charge >= 0.3 is 0 Å². The van der Waals surface area contributed by atoms with Gasteiger partial charge in [-0.25, -0.2) is 0 Å². The Balaban J connectivity index is 1.85. The molecule has 0 radical (unpaired) electrons. The minimum Gasteiger partial charge on any atom is -0.503 e. The Hall–Kier alpha value is -1.70. The molecule has 1 atom stereocenters. The second-order valence-corrected chi connectivity index (χ2v) is 7.28. The summed E-state index contributed by atoms with van der Waals surface area (Å²) in [4.78, 5) is 28.5. The number of halogens is 1. The van der Waals surface area contributed by atoms with Gasteiger partial charge in [0.1, 0.15) is 0 Å². The SMILES string of the molecule is CC(=O)C1=C(O)C(=O)N(CCN2CCNCC2)C1c1ccc(Br)cc1. The number of piperazine rings is 1. The quantitative estimate of drug-likeness (QED) is 0.775. The first-order valence-corrected chi connectivity index (χ1v) is 9.22. The first-order valence-electron chi connectivity index (χ1n) is 8.42. The lowest BCUT2D eigenvalue weighted by Gasteiger charge is -2.32. The van der Waals surface area contributed by atoms with E-state index in [9.17, 15) is 14.7 Å². The number of nitrogens with zero attached hydrogens (tertiary/aromatic N) is 2. The number of benzene rings is 1. The van der Waals surface area contributed by atoms with Gasteiger partial charge in [0.25, 0.3) is 5.91 Å². The molecule has 0 aliphatic carbocycles. The molecule has 6 nitrogen and oxygen atoms in total. The van der Waals surface area contributed by atoms with Crippen molar-refractivity contribution in [2.45, 2.75) is 13.0 Å². The highest BCUT2D eigenvalue weighted by Crippen LogP contribution is 2.37. The van der Waals surface area contributed by atoms with Gasteiger partial charge in [-0.3, -0.25) is 14.5 Å². The Morgan fingerprint density at radius 1 is 1.24 bits per heavy atom. The normalized spacial score (nSPS) is 21.9. The molecule has 2 heterocycles. The van der Waals surface area contributed by atoms with Crippen LogP contribution in [0.4, 0.5) is 0 Å². The van der Waals surface area contributed by atoms with Crippen molar-refractivity contribution >= 4 is 27.6 Å². The lowest BCUT2D eigenvalue weighted by atomic mass is 9.97. The molecule has 1 aromatic carbocycles. The van der Waals surface area contributed by atoms with Gasteiger partial charge in [0.05, 0.1) is 11.6 Å². The number of aliphatic hydroxyl groups is 1. The van der Waals surface area contributed by atoms with E-state index in [-0.39, 0.29) is 11.4 Å². The number of nitrogens with one attached hydrogen (secondary N) is 1. The van der Waals surface area contributed by atoms with Crippen molar-refractivity contribution in [2.75, 3.05) is 39.3 Å². The fraction of sp³-hybridized carbons (Fsp3) is 0.444. The van der Waals surface area contributed by atoms with E-state index < -0.39 is 17.7 Å². The van der Waals surface area contributed by atoms with E-state index in [0.29, 0.717) is 6.54 Å². The van der Waals surface area contributed by atoms with E-state index in [1.807, 2.05) is 24.3 Å². The third-order valence-corrected chi connectivity index (χ3v) is 5.26. The number of amides is 1. The van der Waals surface area contributed by atoms with Crippen molar-refractivity contribution < 1.29 is 14.7 Å². The average Bonchev–Trinajstić information content (AvgIpc) is 2.86. The molecule has 1 unspecified atom stereocenters. The van der Waals surface area contributed by atoms with Gasteiger partial charge in [0.15, 0.2) is 11.5 Å². The number of rotatable bonds is 5. The van der Waals surface area contributed by atoms with Crippen LogP contribution in [0.15, 0.2) is 40.1 Å². The first-order chi connectivity index (χ1) is 12.0. The monoisotopic (exact) mass is 407 g/mol. The Bertz CT molecular complexity index is 696. The smallest absolute Gasteiger partial charge is 0.290 e. The lowest BCUT2D eigenvalue weighted by molar-refractivity contribution is -0.129. The summed E-state index contributed by atoms with van der Waals surface area (Å²) in [7, 11) is 0. The summed E-state index contributed by atoms with van der Waals surface area (Å²) < 4.78 is 0.922. The van der Waals surface area contributed by atoms with Crippen LogP contribution in [0.25, 0.3) is 0 Å². The molecule has 1 saturated heterocycles. The van der Waals surface area contributed by atoms with Gasteiger partial charge in [-0.15, -0.1) is 0 Å². The molecule has 1 amide bonds. The molecule has 2 N–H and O–H groups in total. The highest BCUT2D eigenvalue weighted by Gasteiger charge is 2.42. The van der Waals surface area contributed by atoms with Crippen molar-refractivity contribution in [3.63, 3.8) is 0 Å². The number of hydrogen-bond donors (Lipinski definition) is 2. The van der Waals surface area contributed by atoms with Crippen LogP contribution >= 0.6 is 15.9 Å². The predicted molar refractivity (Wildman–Crippen MR) is 98.2 cm³/mol. The minimum absolute atomic E-state index is 0.188. The maximum absolute atomic E-state index is 12.6. The third-order valence-electron chi connectivity index (χ3n) is 4.74. The Labute approximate surface area is 155 Å². The number of aliphatic hydroxyl groups excluding tert-OH is 1. The fourth-order valence-electron chi connectivity index (χ4n) is 3.42. The van der Waals surface area contributed by atoms with Crippen LogP contribution in [-0.2, 0) is 9.59 Å². The summed E-state index contributed by atoms with van der Waals surface area (Å²) in [5.41, 5.74) is 1.01. The van der Waals surface area contributed by atoms with Crippen LogP contribution in [0.2, 0.25) is 0 Å². The molecule has 2 aliphatic heterocycles. The summed E-state index contributed by atoms with van der Waals surface area (Å²) in [6.07, 6.45) is 0.